The number of ether oxygens (including phenoxy) is 3. The first-order valence-electron chi connectivity index (χ1n) is 12.6. The maximum absolute atomic E-state index is 13.0. The van der Waals surface area contributed by atoms with Crippen LogP contribution in [0.15, 0.2) is 61.3 Å². The third-order valence-corrected chi connectivity index (χ3v) is 8.60. The van der Waals surface area contributed by atoms with Gasteiger partial charge in [-0.25, -0.2) is 4.99 Å². The van der Waals surface area contributed by atoms with Crippen molar-refractivity contribution in [2.24, 2.45) is 15.9 Å². The molecule has 0 saturated carbocycles. The second-order valence-corrected chi connectivity index (χ2v) is 12.3. The smallest absolute Gasteiger partial charge is 0.261 e. The van der Waals surface area contributed by atoms with Crippen molar-refractivity contribution in [3.8, 4) is 17.2 Å². The fraction of sp³-hybridized carbons (Fsp3) is 0.414. The molecule has 1 amide bonds. The van der Waals surface area contributed by atoms with Crippen molar-refractivity contribution in [2.75, 3.05) is 20.3 Å². The van der Waals surface area contributed by atoms with Crippen LogP contribution in [0.25, 0.3) is 0 Å². The fourth-order valence-electron chi connectivity index (χ4n) is 4.77. The number of carbonyl (C=O) groups excluding carboxylic acids is 1. The molecule has 2 aromatic rings. The predicted octanol–water partition coefficient (Wildman–Crippen LogP) is 7.09. The van der Waals surface area contributed by atoms with Crippen LogP contribution in [0.5, 0.6) is 17.2 Å². The van der Waals surface area contributed by atoms with E-state index in [0.717, 1.165) is 30.1 Å². The molecule has 0 fully saturated rings. The maximum Gasteiger partial charge on any atom is 0.261 e. The lowest BCUT2D eigenvalue weighted by Crippen LogP contribution is -2.26. The summed E-state index contributed by atoms with van der Waals surface area (Å²) in [6.45, 7) is 7.29. The number of benzene rings is 2. The molecule has 0 aromatic heterocycles. The number of aliphatic imine (C=N–C) groups is 2. The number of halogens is 1. The number of thioether (sulfide) groups is 1. The molecule has 0 bridgehead atoms. The van der Waals surface area contributed by atoms with Crippen LogP contribution in [0.2, 0.25) is 0 Å². The van der Waals surface area contributed by atoms with Crippen LogP contribution in [-0.4, -0.2) is 37.1 Å². The number of rotatable bonds is 7. The van der Waals surface area contributed by atoms with Gasteiger partial charge in [0.05, 0.1) is 16.6 Å². The zero-order valence-corrected chi connectivity index (χ0v) is 24.0. The third kappa shape index (κ3) is 5.50. The summed E-state index contributed by atoms with van der Waals surface area (Å²) in [5.41, 5.74) is 3.30. The molecule has 37 heavy (non-hydrogen) atoms. The van der Waals surface area contributed by atoms with Crippen molar-refractivity contribution in [1.82, 2.24) is 0 Å². The number of amidine groups is 1. The Morgan fingerprint density at radius 2 is 1.76 bits per heavy atom. The summed E-state index contributed by atoms with van der Waals surface area (Å²) in [6, 6.07) is 11.8. The lowest BCUT2D eigenvalue weighted by Gasteiger charge is -2.19. The summed E-state index contributed by atoms with van der Waals surface area (Å²) in [6.07, 6.45) is 4.32. The monoisotopic (exact) mass is 582 g/mol. The Kier molecular flexibility index (Phi) is 7.50. The molecule has 5 rings (SSSR count). The van der Waals surface area contributed by atoms with E-state index in [-0.39, 0.29) is 17.2 Å². The van der Waals surface area contributed by atoms with Crippen molar-refractivity contribution in [2.45, 2.75) is 51.9 Å². The van der Waals surface area contributed by atoms with Gasteiger partial charge in [0.2, 0.25) is 0 Å². The summed E-state index contributed by atoms with van der Waals surface area (Å²) in [5.74, 6) is 1.92. The largest absolute Gasteiger partial charge is 0.493 e. The quantitative estimate of drug-likeness (QED) is 0.326. The minimum atomic E-state index is -0.276. The zero-order chi connectivity index (χ0) is 26.2. The van der Waals surface area contributed by atoms with Gasteiger partial charge in [-0.15, -0.1) is 0 Å². The van der Waals surface area contributed by atoms with Crippen molar-refractivity contribution in [3.63, 3.8) is 0 Å². The minimum Gasteiger partial charge on any atom is -0.493 e. The summed E-state index contributed by atoms with van der Waals surface area (Å²) >= 11 is 5.26. The highest BCUT2D eigenvalue weighted by molar-refractivity contribution is 9.10. The highest BCUT2D eigenvalue weighted by atomic mass is 79.9. The van der Waals surface area contributed by atoms with Gasteiger partial charge in [-0.1, -0.05) is 44.7 Å². The molecule has 1 aliphatic carbocycles. The molecule has 1 unspecified atom stereocenters. The maximum atomic E-state index is 13.0. The topological polar surface area (TPSA) is 69.5 Å². The second kappa shape index (κ2) is 10.7. The Morgan fingerprint density at radius 3 is 2.49 bits per heavy atom. The van der Waals surface area contributed by atoms with Crippen LogP contribution in [0.4, 0.5) is 0 Å². The van der Waals surface area contributed by atoms with Crippen LogP contribution >= 0.6 is 27.7 Å². The number of allylic oxidation sites excluding steroid dienone is 1. The summed E-state index contributed by atoms with van der Waals surface area (Å²) in [4.78, 5) is 23.5. The van der Waals surface area contributed by atoms with E-state index in [0.29, 0.717) is 40.6 Å². The van der Waals surface area contributed by atoms with Gasteiger partial charge >= 0.3 is 0 Å². The van der Waals surface area contributed by atoms with Crippen LogP contribution < -0.4 is 14.2 Å². The molecule has 2 aliphatic heterocycles. The predicted molar refractivity (Wildman–Crippen MR) is 152 cm³/mol. The van der Waals surface area contributed by atoms with Gasteiger partial charge in [-0.3, -0.25) is 4.79 Å². The first-order valence-corrected chi connectivity index (χ1v) is 14.2. The van der Waals surface area contributed by atoms with E-state index in [4.69, 9.17) is 19.2 Å². The van der Waals surface area contributed by atoms with Gasteiger partial charge in [0, 0.05) is 5.56 Å². The average molecular weight is 584 g/mol. The zero-order valence-electron chi connectivity index (χ0n) is 21.6. The summed E-state index contributed by atoms with van der Waals surface area (Å²) < 4.78 is 18.2. The average Bonchev–Trinajstić information content (AvgIpc) is 3.25. The number of amides is 1. The van der Waals surface area contributed by atoms with Crippen molar-refractivity contribution >= 4 is 44.5 Å². The summed E-state index contributed by atoms with van der Waals surface area (Å²) in [7, 11) is 1.59. The molecule has 2 aromatic carbocycles. The Hall–Kier alpha value is -2.58. The molecule has 0 saturated heterocycles. The van der Waals surface area contributed by atoms with Crippen molar-refractivity contribution < 1.29 is 19.0 Å². The van der Waals surface area contributed by atoms with E-state index in [1.807, 2.05) is 24.3 Å². The van der Waals surface area contributed by atoms with Gasteiger partial charge in [-0.05, 0) is 87.3 Å². The molecular weight excluding hydrogens is 552 g/mol. The minimum absolute atomic E-state index is 0.104. The normalized spacial score (nSPS) is 19.2. The van der Waals surface area contributed by atoms with Gasteiger partial charge in [0.25, 0.3) is 5.91 Å². The molecule has 1 atom stereocenters. The molecule has 8 heteroatoms. The van der Waals surface area contributed by atoms with E-state index in [2.05, 4.69) is 53.8 Å². The van der Waals surface area contributed by atoms with E-state index >= 15 is 0 Å². The Balaban J connectivity index is 1.25. The van der Waals surface area contributed by atoms with Crippen molar-refractivity contribution in [1.29, 1.82) is 0 Å². The van der Waals surface area contributed by atoms with Gasteiger partial charge in [0.1, 0.15) is 24.9 Å². The molecule has 0 radical (unpaired) electrons. The number of carbonyl (C=O) groups is 1. The molecule has 194 valence electrons. The van der Waals surface area contributed by atoms with E-state index < -0.39 is 0 Å². The summed E-state index contributed by atoms with van der Waals surface area (Å²) in [5, 5.41) is 0.852. The van der Waals surface area contributed by atoms with E-state index in [1.165, 1.54) is 22.5 Å². The number of hydrogen-bond acceptors (Lipinski definition) is 6. The highest BCUT2D eigenvalue weighted by Crippen LogP contribution is 2.48. The Bertz CT molecular complexity index is 1310. The van der Waals surface area contributed by atoms with Gasteiger partial charge in [-0.2, -0.15) is 4.99 Å². The second-order valence-electron chi connectivity index (χ2n) is 10.4. The van der Waals surface area contributed by atoms with Crippen LogP contribution in [-0.2, 0) is 10.2 Å². The molecule has 0 N–H and O–H groups in total. The number of fused-ring (bicyclic) bond motifs is 2. The van der Waals surface area contributed by atoms with Crippen molar-refractivity contribution in [3.05, 3.63) is 62.5 Å². The molecule has 2 heterocycles. The van der Waals surface area contributed by atoms with E-state index in [1.54, 1.807) is 18.9 Å². The lowest BCUT2D eigenvalue weighted by atomic mass is 9.87. The molecular formula is C29H31BrN2O4S. The number of methoxy groups -OCH3 is 1. The molecule has 3 aliphatic rings. The Labute approximate surface area is 230 Å². The lowest BCUT2D eigenvalue weighted by molar-refractivity contribution is -0.118. The van der Waals surface area contributed by atoms with Crippen LogP contribution in [0.3, 0.4) is 0 Å². The molecule has 6 nitrogen and oxygen atoms in total. The Morgan fingerprint density at radius 1 is 1.03 bits per heavy atom. The van der Waals surface area contributed by atoms with E-state index in [9.17, 15) is 4.79 Å². The first kappa shape index (κ1) is 26.0. The number of nitrogens with zero attached hydrogens (tertiary/aromatic N) is 2. The van der Waals surface area contributed by atoms with Gasteiger partial charge < -0.3 is 14.2 Å². The van der Waals surface area contributed by atoms with Crippen LogP contribution in [0, 0.1) is 5.92 Å². The third-order valence-electron chi connectivity index (χ3n) is 6.77. The SMILES string of the molecule is COc1cc(C2=NC(=O)C3C(=N2)SC2=C3CCCC2)cc(Br)c1OCCOc1ccc(C(C)(C)C)cc1. The van der Waals surface area contributed by atoms with Gasteiger partial charge in [0.15, 0.2) is 17.3 Å². The highest BCUT2D eigenvalue weighted by Gasteiger charge is 2.40. The first-order chi connectivity index (χ1) is 17.7. The fourth-order valence-corrected chi connectivity index (χ4v) is 6.67. The van der Waals surface area contributed by atoms with Crippen LogP contribution in [0.1, 0.15) is 57.6 Å². The molecule has 0 spiro atoms. The number of hydrogen-bond donors (Lipinski definition) is 0. The standard InChI is InChI=1S/C29H31BrN2O4S/c1-29(2,3)18-9-11-19(12-10-18)35-13-14-36-25-21(30)15-17(16-22(25)34-4)26-31-27(33)24-20-7-5-6-8-23(20)37-28(24)32-26/h9-12,15-16,24H,5-8,13-14H2,1-4H3.